The Hall–Kier alpha value is -7.19. The summed E-state index contributed by atoms with van der Waals surface area (Å²) in [4.78, 5) is 62.8. The van der Waals surface area contributed by atoms with Crippen LogP contribution in [0.2, 0.25) is 5.02 Å². The lowest BCUT2D eigenvalue weighted by Crippen LogP contribution is -2.48. The number of anilines is 1. The predicted molar refractivity (Wildman–Crippen MR) is 297 cm³/mol. The van der Waals surface area contributed by atoms with Crippen molar-refractivity contribution in [3.05, 3.63) is 119 Å². The number of piperidine rings is 1. The lowest BCUT2D eigenvalue weighted by molar-refractivity contribution is -0.141. The van der Waals surface area contributed by atoms with Crippen LogP contribution >= 0.6 is 22.9 Å². The number of aliphatic hydroxyl groups excluding tert-OH is 1. The number of nitrogens with one attached hydrogen (secondary N) is 1. The zero-order chi connectivity index (χ0) is 54.8. The maximum atomic E-state index is 17.1. The van der Waals surface area contributed by atoms with Gasteiger partial charge in [0.05, 0.1) is 39.9 Å². The minimum Gasteiger partial charge on any atom is -0.508 e. The van der Waals surface area contributed by atoms with Gasteiger partial charge in [0.1, 0.15) is 35.7 Å². The molecule has 17 nitrogen and oxygen atoms in total. The number of phenols is 1. The summed E-state index contributed by atoms with van der Waals surface area (Å²) < 4.78 is 35.2. The number of likely N-dealkylation sites (tertiary alicyclic amines) is 2. The predicted octanol–water partition coefficient (Wildman–Crippen LogP) is 8.95. The van der Waals surface area contributed by atoms with Crippen LogP contribution in [0.5, 0.6) is 17.6 Å². The number of fused-ring (bicyclic) bond motifs is 2. The summed E-state index contributed by atoms with van der Waals surface area (Å²) in [6, 6.07) is 20.6. The maximum absolute atomic E-state index is 17.1. The number of hydrogen-bond donors (Lipinski definition) is 3. The van der Waals surface area contributed by atoms with Gasteiger partial charge in [-0.15, -0.1) is 11.3 Å². The largest absolute Gasteiger partial charge is 0.508 e. The van der Waals surface area contributed by atoms with E-state index in [-0.39, 0.29) is 88.9 Å². The minimum atomic E-state index is -0.863. The summed E-state index contributed by atoms with van der Waals surface area (Å²) in [5, 5.41) is 30.6. The molecule has 3 aromatic heterocycles. The van der Waals surface area contributed by atoms with Crippen LogP contribution in [-0.2, 0) is 14.4 Å². The highest BCUT2D eigenvalue weighted by molar-refractivity contribution is 7.13. The molecule has 3 N–H and O–H groups in total. The van der Waals surface area contributed by atoms with Crippen molar-refractivity contribution < 1.29 is 43.0 Å². The van der Waals surface area contributed by atoms with E-state index in [2.05, 4.69) is 31.9 Å². The van der Waals surface area contributed by atoms with Crippen LogP contribution in [0.3, 0.4) is 0 Å². The molecule has 0 radical (unpaired) electrons. The molecule has 0 spiro atoms. The van der Waals surface area contributed by atoms with Crippen LogP contribution in [0.4, 0.5) is 10.2 Å². The van der Waals surface area contributed by atoms with Crippen LogP contribution in [-0.4, -0.2) is 140 Å². The van der Waals surface area contributed by atoms with Crippen molar-refractivity contribution in [3.63, 3.8) is 0 Å². The fourth-order valence-corrected chi connectivity index (χ4v) is 12.0. The van der Waals surface area contributed by atoms with E-state index < -0.39 is 23.9 Å². The summed E-state index contributed by atoms with van der Waals surface area (Å²) >= 11 is 8.50. The molecular weight excluding hydrogens is 1040 g/mol. The molecule has 0 bridgehead atoms. The van der Waals surface area contributed by atoms with Gasteiger partial charge in [-0.2, -0.15) is 9.97 Å². The first-order valence-corrected chi connectivity index (χ1v) is 27.7. The molecule has 3 saturated heterocycles. The number of amides is 3. The van der Waals surface area contributed by atoms with Crippen molar-refractivity contribution in [1.29, 1.82) is 0 Å². The Balaban J connectivity index is 0.748. The highest BCUT2D eigenvalue weighted by Gasteiger charge is 2.44. The first-order chi connectivity index (χ1) is 37.6. The lowest BCUT2D eigenvalue weighted by atomic mass is 9.91. The zero-order valence-corrected chi connectivity index (χ0v) is 45.6. The van der Waals surface area contributed by atoms with Gasteiger partial charge in [-0.05, 0) is 109 Å². The number of carbonyl (C=O) groups excluding carboxylic acids is 3. The second-order valence-electron chi connectivity index (χ2n) is 20.8. The van der Waals surface area contributed by atoms with Crippen molar-refractivity contribution in [3.8, 4) is 39.2 Å². The number of ether oxygens (including phenoxy) is 2. The van der Waals surface area contributed by atoms with E-state index in [0.717, 1.165) is 53.0 Å². The van der Waals surface area contributed by atoms with Gasteiger partial charge in [0.15, 0.2) is 11.6 Å². The number of aryl methyl sites for hydroxylation is 1. The van der Waals surface area contributed by atoms with E-state index in [0.29, 0.717) is 67.2 Å². The molecule has 0 saturated carbocycles. The van der Waals surface area contributed by atoms with Gasteiger partial charge in [0.25, 0.3) is 5.88 Å². The number of aliphatic hydroxyl groups is 1. The topological polar surface area (TPSA) is 200 Å². The number of hydrogen-bond acceptors (Lipinski definition) is 15. The number of aromatic hydroxyl groups is 1. The zero-order valence-electron chi connectivity index (χ0n) is 44.0. The molecule has 3 amide bonds. The summed E-state index contributed by atoms with van der Waals surface area (Å²) in [5.74, 6) is -1.27. The van der Waals surface area contributed by atoms with E-state index in [1.54, 1.807) is 34.4 Å². The second-order valence-corrected chi connectivity index (χ2v) is 22.0. The third-order valence-electron chi connectivity index (χ3n) is 15.2. The van der Waals surface area contributed by atoms with Gasteiger partial charge in [0.2, 0.25) is 17.7 Å². The van der Waals surface area contributed by atoms with Gasteiger partial charge >= 0.3 is 6.01 Å². The highest BCUT2D eigenvalue weighted by atomic mass is 35.5. The van der Waals surface area contributed by atoms with Gasteiger partial charge in [-0.25, -0.2) is 9.37 Å². The number of benzene rings is 4. The van der Waals surface area contributed by atoms with E-state index in [1.165, 1.54) is 17.0 Å². The van der Waals surface area contributed by atoms with Crippen LogP contribution in [0.15, 0.2) is 95.5 Å². The second kappa shape index (κ2) is 23.4. The average Bonchev–Trinajstić information content (AvgIpc) is 4.31. The van der Waals surface area contributed by atoms with Crippen LogP contribution in [0.25, 0.3) is 43.2 Å². The molecule has 3 aliphatic heterocycles. The summed E-state index contributed by atoms with van der Waals surface area (Å²) in [7, 11) is 0. The average molecular weight is 1100 g/mol. The van der Waals surface area contributed by atoms with E-state index >= 15 is 4.39 Å². The smallest absolute Gasteiger partial charge is 0.319 e. The molecule has 4 atom stereocenters. The molecule has 78 heavy (non-hydrogen) atoms. The number of β-amino-alcohol motifs (C(OH)–C–C–N with tert-alkyl or cyclic N) is 1. The summed E-state index contributed by atoms with van der Waals surface area (Å²) in [6.45, 7) is 15.7. The van der Waals surface area contributed by atoms with E-state index in [1.807, 2.05) is 86.6 Å². The molecular formula is C58H63ClFN9O8S. The molecule has 3 fully saturated rings. The maximum Gasteiger partial charge on any atom is 0.319 e. The van der Waals surface area contributed by atoms with Crippen molar-refractivity contribution >= 4 is 68.2 Å². The number of halogens is 2. The van der Waals surface area contributed by atoms with E-state index in [9.17, 15) is 24.6 Å². The minimum absolute atomic E-state index is 0.000844. The lowest BCUT2D eigenvalue weighted by Gasteiger charge is -2.35. The SMILES string of the molecule is C=CC(=O)N1CCN(c2nc(OCCN3CCC(COc4cc([C@H](C(=O)N5C[C@H](O)C[C@H]5C(=O)N[C@@H](C)c5ccc(-c6scnc6C)cc5)C(C)C)on4)CC3)nc3c(F)c(-c4cc(O)cc5ccccc45)c(Cl)cc23)CC1. The molecule has 10 rings (SSSR count). The highest BCUT2D eigenvalue weighted by Crippen LogP contribution is 2.43. The van der Waals surface area contributed by atoms with Crippen molar-refractivity contribution in [2.45, 2.75) is 71.1 Å². The number of nitrogens with zero attached hydrogens (tertiary/aromatic N) is 8. The Bertz CT molecular complexity index is 3340. The van der Waals surface area contributed by atoms with Crippen molar-refractivity contribution in [1.82, 2.24) is 40.1 Å². The molecule has 20 heteroatoms. The van der Waals surface area contributed by atoms with Crippen molar-refractivity contribution in [2.24, 2.45) is 11.8 Å². The van der Waals surface area contributed by atoms with Gasteiger partial charge < -0.3 is 44.2 Å². The number of thiazole rings is 1. The molecule has 0 aliphatic carbocycles. The van der Waals surface area contributed by atoms with E-state index in [4.69, 9.17) is 30.6 Å². The fourth-order valence-electron chi connectivity index (χ4n) is 10.9. The monoisotopic (exact) mass is 1100 g/mol. The number of phenolic OH excluding ortho intramolecular Hbond substituents is 1. The summed E-state index contributed by atoms with van der Waals surface area (Å²) in [5.41, 5.74) is 5.29. The molecule has 0 unspecified atom stereocenters. The molecule has 6 heterocycles. The summed E-state index contributed by atoms with van der Waals surface area (Å²) in [6.07, 6.45) is 2.23. The van der Waals surface area contributed by atoms with Crippen LogP contribution in [0.1, 0.15) is 69.0 Å². The third-order valence-corrected chi connectivity index (χ3v) is 16.5. The molecule has 408 valence electrons. The van der Waals surface area contributed by atoms with Gasteiger partial charge in [0, 0.05) is 62.7 Å². The number of aromatic nitrogens is 4. The molecule has 3 aliphatic rings. The third kappa shape index (κ3) is 11.5. The Kier molecular flexibility index (Phi) is 16.3. The van der Waals surface area contributed by atoms with Gasteiger partial charge in [-0.1, -0.05) is 80.6 Å². The normalized spacial score (nSPS) is 18.2. The molecule has 7 aromatic rings. The first kappa shape index (κ1) is 54.2. The number of carbonyl (C=O) groups is 3. The number of rotatable bonds is 17. The first-order valence-electron chi connectivity index (χ1n) is 26.5. The Morgan fingerprint density at radius 2 is 1.73 bits per heavy atom. The van der Waals surface area contributed by atoms with Crippen LogP contribution < -0.4 is 19.7 Å². The quantitative estimate of drug-likeness (QED) is 0.0730. The standard InChI is InChI=1S/C58H63ClFN9O8S/c1-6-49(72)67-19-21-68(22-20-67)55-44-28-45(59)51(43-26-40(70)25-39-9-7-8-10-42(39)43)52(60)53(44)63-58(64-55)75-24-23-66-17-15-36(16-18-66)31-76-48-29-47(77-65-48)50(33(2)3)57(74)69-30-41(71)27-46(69)56(73)62-34(4)37-11-13-38(14-12-37)54-35(5)61-32-78-54/h6-14,25-26,28-29,32-34,36,41,46,50,70-71H,1,15-24,27,30-31H2,2-5H3,(H,62,73)/t34-,41+,46-,50+/m0/s1. The Labute approximate surface area is 460 Å². The molecule has 4 aromatic carbocycles. The Morgan fingerprint density at radius 3 is 2.45 bits per heavy atom. The Morgan fingerprint density at radius 1 is 0.974 bits per heavy atom. The van der Waals surface area contributed by atoms with Crippen molar-refractivity contribution in [2.75, 3.05) is 70.5 Å². The van der Waals surface area contributed by atoms with Gasteiger partial charge in [-0.3, -0.25) is 19.3 Å². The fraction of sp³-hybridized carbons (Fsp3) is 0.397. The van der Waals surface area contributed by atoms with Crippen LogP contribution in [0, 0.1) is 24.6 Å². The number of piperazine rings is 1.